The predicted molar refractivity (Wildman–Crippen MR) is 87.2 cm³/mol. The van der Waals surface area contributed by atoms with E-state index in [1.807, 2.05) is 6.92 Å². The Labute approximate surface area is 131 Å². The molecule has 0 aromatic carbocycles. The molecule has 1 aromatic rings. The quantitative estimate of drug-likeness (QED) is 0.391. The SMILES string of the molecule is CCCCCCCCSc1nc(CC)nc(C)c1C(=O)O. The van der Waals surface area contributed by atoms with Crippen molar-refractivity contribution in [3.8, 4) is 0 Å². The predicted octanol–water partition coefficient (Wildman–Crippen LogP) is 4.50. The first-order chi connectivity index (χ1) is 10.1. The van der Waals surface area contributed by atoms with Crippen LogP contribution in [-0.4, -0.2) is 26.8 Å². The van der Waals surface area contributed by atoms with E-state index in [1.54, 1.807) is 18.7 Å². The molecule has 1 aromatic heterocycles. The Hall–Kier alpha value is -1.10. The van der Waals surface area contributed by atoms with Crippen LogP contribution in [-0.2, 0) is 6.42 Å². The van der Waals surface area contributed by atoms with Gasteiger partial charge < -0.3 is 5.11 Å². The second-order valence-electron chi connectivity index (χ2n) is 5.18. The Kier molecular flexibility index (Phi) is 8.35. The molecule has 0 saturated carbocycles. The highest BCUT2D eigenvalue weighted by atomic mass is 32.2. The van der Waals surface area contributed by atoms with Gasteiger partial charge in [-0.05, 0) is 19.1 Å². The molecule has 0 atom stereocenters. The molecule has 118 valence electrons. The van der Waals surface area contributed by atoms with E-state index in [0.717, 1.165) is 24.4 Å². The molecule has 0 aliphatic rings. The van der Waals surface area contributed by atoms with Crippen molar-refractivity contribution in [3.05, 3.63) is 17.1 Å². The fraction of sp³-hybridized carbons (Fsp3) is 0.688. The van der Waals surface area contributed by atoms with Crippen molar-refractivity contribution in [2.75, 3.05) is 5.75 Å². The maximum atomic E-state index is 11.4. The number of nitrogens with zero attached hydrogens (tertiary/aromatic N) is 2. The van der Waals surface area contributed by atoms with Gasteiger partial charge in [-0.1, -0.05) is 46.0 Å². The third-order valence-electron chi connectivity index (χ3n) is 3.37. The summed E-state index contributed by atoms with van der Waals surface area (Å²) in [4.78, 5) is 20.0. The van der Waals surface area contributed by atoms with Gasteiger partial charge in [-0.2, -0.15) is 0 Å². The molecule has 0 fully saturated rings. The highest BCUT2D eigenvalue weighted by Gasteiger charge is 2.17. The lowest BCUT2D eigenvalue weighted by Crippen LogP contribution is -2.09. The summed E-state index contributed by atoms with van der Waals surface area (Å²) in [5.74, 6) is 0.718. The lowest BCUT2D eigenvalue weighted by Gasteiger charge is -2.09. The van der Waals surface area contributed by atoms with Crippen molar-refractivity contribution in [1.29, 1.82) is 0 Å². The van der Waals surface area contributed by atoms with Crippen molar-refractivity contribution in [3.63, 3.8) is 0 Å². The smallest absolute Gasteiger partial charge is 0.340 e. The van der Waals surface area contributed by atoms with Crippen LogP contribution in [0.3, 0.4) is 0 Å². The van der Waals surface area contributed by atoms with Crippen LogP contribution in [0.25, 0.3) is 0 Å². The molecule has 0 spiro atoms. The molecule has 1 N–H and O–H groups in total. The molecule has 5 heteroatoms. The molecule has 0 bridgehead atoms. The van der Waals surface area contributed by atoms with E-state index in [0.29, 0.717) is 10.7 Å². The lowest BCUT2D eigenvalue weighted by molar-refractivity contribution is 0.0690. The van der Waals surface area contributed by atoms with Gasteiger partial charge in [0.25, 0.3) is 0 Å². The van der Waals surface area contributed by atoms with Crippen molar-refractivity contribution < 1.29 is 9.90 Å². The van der Waals surface area contributed by atoms with Crippen LogP contribution in [0.4, 0.5) is 0 Å². The molecule has 0 radical (unpaired) electrons. The van der Waals surface area contributed by atoms with Gasteiger partial charge in [0.05, 0.1) is 5.69 Å². The Bertz CT molecular complexity index is 464. The number of unbranched alkanes of at least 4 members (excludes halogenated alkanes) is 5. The Balaban J connectivity index is 2.56. The van der Waals surface area contributed by atoms with E-state index in [2.05, 4.69) is 16.9 Å². The number of aryl methyl sites for hydroxylation is 2. The fourth-order valence-electron chi connectivity index (χ4n) is 2.16. The van der Waals surface area contributed by atoms with Gasteiger partial charge in [0.2, 0.25) is 0 Å². The van der Waals surface area contributed by atoms with Gasteiger partial charge >= 0.3 is 5.97 Å². The molecule has 1 rings (SSSR count). The molecule has 1 heterocycles. The first-order valence-corrected chi connectivity index (χ1v) is 8.82. The number of thioether (sulfide) groups is 1. The molecule has 4 nitrogen and oxygen atoms in total. The molecule has 21 heavy (non-hydrogen) atoms. The normalized spacial score (nSPS) is 10.8. The summed E-state index contributed by atoms with van der Waals surface area (Å²) in [6.45, 7) is 5.95. The van der Waals surface area contributed by atoms with E-state index in [1.165, 1.54) is 32.1 Å². The van der Waals surface area contributed by atoms with Crippen LogP contribution in [0.1, 0.15) is 74.2 Å². The van der Waals surface area contributed by atoms with Crippen molar-refractivity contribution in [2.24, 2.45) is 0 Å². The molecule has 0 amide bonds. The third kappa shape index (κ3) is 6.04. The van der Waals surface area contributed by atoms with Gasteiger partial charge in [-0.25, -0.2) is 14.8 Å². The highest BCUT2D eigenvalue weighted by Crippen LogP contribution is 2.24. The minimum Gasteiger partial charge on any atom is -0.478 e. The second kappa shape index (κ2) is 9.77. The van der Waals surface area contributed by atoms with Gasteiger partial charge in [0.15, 0.2) is 0 Å². The third-order valence-corrected chi connectivity index (χ3v) is 4.43. The summed E-state index contributed by atoms with van der Waals surface area (Å²) >= 11 is 1.55. The van der Waals surface area contributed by atoms with E-state index in [-0.39, 0.29) is 5.56 Å². The number of carboxylic acid groups (broad SMARTS) is 1. The summed E-state index contributed by atoms with van der Waals surface area (Å²) in [6, 6.07) is 0. The average Bonchev–Trinajstić information content (AvgIpc) is 2.45. The van der Waals surface area contributed by atoms with Crippen molar-refractivity contribution in [1.82, 2.24) is 9.97 Å². The van der Waals surface area contributed by atoms with Crippen LogP contribution < -0.4 is 0 Å². The van der Waals surface area contributed by atoms with Gasteiger partial charge in [0.1, 0.15) is 16.4 Å². The summed E-state index contributed by atoms with van der Waals surface area (Å²) in [5, 5.41) is 9.94. The number of aromatic carboxylic acids is 1. The first kappa shape index (κ1) is 18.0. The summed E-state index contributed by atoms with van der Waals surface area (Å²) in [5.41, 5.74) is 0.836. The van der Waals surface area contributed by atoms with Gasteiger partial charge in [-0.3, -0.25) is 0 Å². The second-order valence-corrected chi connectivity index (χ2v) is 6.26. The minimum atomic E-state index is -0.930. The molecular weight excluding hydrogens is 284 g/mol. The molecule has 0 unspecified atom stereocenters. The monoisotopic (exact) mass is 310 g/mol. The molecule has 0 aliphatic carbocycles. The van der Waals surface area contributed by atoms with Crippen molar-refractivity contribution in [2.45, 2.75) is 70.7 Å². The van der Waals surface area contributed by atoms with Crippen molar-refractivity contribution >= 4 is 17.7 Å². The topological polar surface area (TPSA) is 63.1 Å². The highest BCUT2D eigenvalue weighted by molar-refractivity contribution is 7.99. The Morgan fingerprint density at radius 1 is 1.10 bits per heavy atom. The maximum absolute atomic E-state index is 11.4. The minimum absolute atomic E-state index is 0.267. The fourth-order valence-corrected chi connectivity index (χ4v) is 3.25. The van der Waals surface area contributed by atoms with Gasteiger partial charge in [0, 0.05) is 6.42 Å². The zero-order valence-corrected chi connectivity index (χ0v) is 14.1. The molecular formula is C16H26N2O2S. The Morgan fingerprint density at radius 3 is 2.38 bits per heavy atom. The number of hydrogen-bond acceptors (Lipinski definition) is 4. The first-order valence-electron chi connectivity index (χ1n) is 7.83. The standard InChI is InChI=1S/C16H26N2O2S/c1-4-6-7-8-9-10-11-21-15-14(16(19)20)12(3)17-13(5-2)18-15/h4-11H2,1-3H3,(H,19,20). The van der Waals surface area contributed by atoms with Crippen LogP contribution >= 0.6 is 11.8 Å². The Morgan fingerprint density at radius 2 is 1.76 bits per heavy atom. The number of carbonyl (C=O) groups is 1. The van der Waals surface area contributed by atoms with E-state index in [4.69, 9.17) is 0 Å². The van der Waals surface area contributed by atoms with E-state index in [9.17, 15) is 9.90 Å². The van der Waals surface area contributed by atoms with E-state index >= 15 is 0 Å². The number of carboxylic acids is 1. The zero-order valence-electron chi connectivity index (χ0n) is 13.3. The summed E-state index contributed by atoms with van der Waals surface area (Å²) < 4.78 is 0. The largest absolute Gasteiger partial charge is 0.478 e. The molecule has 0 saturated heterocycles. The van der Waals surface area contributed by atoms with Crippen LogP contribution in [0.2, 0.25) is 0 Å². The zero-order chi connectivity index (χ0) is 15.7. The van der Waals surface area contributed by atoms with Crippen LogP contribution in [0.5, 0.6) is 0 Å². The number of hydrogen-bond donors (Lipinski definition) is 1. The summed E-state index contributed by atoms with van der Waals surface area (Å²) in [6.07, 6.45) is 8.18. The number of aromatic nitrogens is 2. The number of rotatable bonds is 10. The maximum Gasteiger partial charge on any atom is 0.340 e. The molecule has 0 aliphatic heterocycles. The van der Waals surface area contributed by atoms with Crippen LogP contribution in [0.15, 0.2) is 5.03 Å². The van der Waals surface area contributed by atoms with Gasteiger partial charge in [-0.15, -0.1) is 11.8 Å². The summed E-state index contributed by atoms with van der Waals surface area (Å²) in [7, 11) is 0. The van der Waals surface area contributed by atoms with E-state index < -0.39 is 5.97 Å². The lowest BCUT2D eigenvalue weighted by atomic mass is 10.1. The average molecular weight is 310 g/mol. The van der Waals surface area contributed by atoms with Crippen LogP contribution in [0, 0.1) is 6.92 Å².